The van der Waals surface area contributed by atoms with Gasteiger partial charge in [-0.05, 0) is 56.6 Å². The van der Waals surface area contributed by atoms with Crippen LogP contribution in [0.1, 0.15) is 33.3 Å². The van der Waals surface area contributed by atoms with Crippen LogP contribution in [0.15, 0.2) is 24.3 Å². The van der Waals surface area contributed by atoms with Gasteiger partial charge in [0.2, 0.25) is 0 Å². The molecule has 1 atom stereocenters. The number of thiocarbonyl (C=S) groups is 1. The molecule has 1 N–H and O–H groups in total. The van der Waals surface area contributed by atoms with E-state index in [0.717, 1.165) is 27.5 Å². The molecule has 24 heavy (non-hydrogen) atoms. The summed E-state index contributed by atoms with van der Waals surface area (Å²) >= 11 is 7.18. The Labute approximate surface area is 151 Å². The number of benzene rings is 1. The van der Waals surface area contributed by atoms with Crippen molar-refractivity contribution in [2.24, 2.45) is 0 Å². The lowest BCUT2D eigenvalue weighted by Gasteiger charge is -2.26. The van der Waals surface area contributed by atoms with Gasteiger partial charge in [-0.2, -0.15) is 0 Å². The van der Waals surface area contributed by atoms with Crippen LogP contribution in [-0.2, 0) is 11.2 Å². The number of anilines is 2. The molecular formula is C18H20N2O2S2. The van der Waals surface area contributed by atoms with Crippen molar-refractivity contribution in [3.8, 4) is 0 Å². The van der Waals surface area contributed by atoms with Crippen LogP contribution < -0.4 is 10.2 Å². The Hall–Kier alpha value is -1.92. The standard InChI is InChI=1S/C18H20N2O2S2/c1-10-9-13-7-5-6-8-14(13)20(10)18(23)19-16-15(17(21)22-4)11(2)12(3)24-16/h5-8,10H,9H2,1-4H3,(H,19,23). The predicted molar refractivity (Wildman–Crippen MR) is 103 cm³/mol. The number of para-hydroxylation sites is 1. The van der Waals surface area contributed by atoms with E-state index in [2.05, 4.69) is 29.3 Å². The topological polar surface area (TPSA) is 41.6 Å². The summed E-state index contributed by atoms with van der Waals surface area (Å²) in [5.41, 5.74) is 3.93. The number of fused-ring (bicyclic) bond motifs is 1. The van der Waals surface area contributed by atoms with Gasteiger partial charge >= 0.3 is 5.97 Å². The number of carbonyl (C=O) groups is 1. The van der Waals surface area contributed by atoms with Gasteiger partial charge in [-0.25, -0.2) is 4.79 Å². The fourth-order valence-corrected chi connectivity index (χ4v) is 4.59. The Morgan fingerprint density at radius 2 is 2.08 bits per heavy atom. The molecule has 0 amide bonds. The zero-order chi connectivity index (χ0) is 17.4. The van der Waals surface area contributed by atoms with Gasteiger partial charge in [-0.1, -0.05) is 18.2 Å². The normalized spacial score (nSPS) is 16.0. The molecule has 0 radical (unpaired) electrons. The number of ether oxygens (including phenoxy) is 1. The Bertz CT molecular complexity index is 813. The summed E-state index contributed by atoms with van der Waals surface area (Å²) in [6.07, 6.45) is 0.963. The van der Waals surface area contributed by atoms with Crippen LogP contribution in [0.4, 0.5) is 10.7 Å². The van der Waals surface area contributed by atoms with Crippen LogP contribution >= 0.6 is 23.6 Å². The zero-order valence-electron chi connectivity index (χ0n) is 14.2. The first-order valence-electron chi connectivity index (χ1n) is 7.80. The summed E-state index contributed by atoms with van der Waals surface area (Å²) < 4.78 is 4.93. The highest BCUT2D eigenvalue weighted by Crippen LogP contribution is 2.36. The van der Waals surface area contributed by atoms with E-state index in [9.17, 15) is 4.79 Å². The largest absolute Gasteiger partial charge is 0.465 e. The Kier molecular flexibility index (Phi) is 4.60. The number of carbonyl (C=O) groups excluding carboxylic acids is 1. The number of methoxy groups -OCH3 is 1. The first-order valence-corrected chi connectivity index (χ1v) is 9.03. The third-order valence-corrected chi connectivity index (χ3v) is 5.84. The number of thiophene rings is 1. The van der Waals surface area contributed by atoms with E-state index in [1.165, 1.54) is 24.0 Å². The van der Waals surface area contributed by atoms with Crippen molar-refractivity contribution in [3.05, 3.63) is 45.8 Å². The molecule has 2 aromatic rings. The first kappa shape index (κ1) is 16.9. The summed E-state index contributed by atoms with van der Waals surface area (Å²) in [6, 6.07) is 8.57. The average molecular weight is 361 g/mol. The van der Waals surface area contributed by atoms with Crippen LogP contribution in [-0.4, -0.2) is 24.2 Å². The average Bonchev–Trinajstić information content (AvgIpc) is 3.03. The van der Waals surface area contributed by atoms with Crippen LogP contribution in [0.5, 0.6) is 0 Å². The Morgan fingerprint density at radius 1 is 1.38 bits per heavy atom. The second-order valence-electron chi connectivity index (χ2n) is 5.96. The highest BCUT2D eigenvalue weighted by atomic mass is 32.1. The van der Waals surface area contributed by atoms with Crippen LogP contribution in [0.3, 0.4) is 0 Å². The lowest BCUT2D eigenvalue weighted by atomic mass is 10.1. The van der Waals surface area contributed by atoms with E-state index in [0.29, 0.717) is 10.7 Å². The highest BCUT2D eigenvalue weighted by molar-refractivity contribution is 7.80. The molecule has 1 aromatic heterocycles. The molecule has 4 nitrogen and oxygen atoms in total. The molecule has 0 bridgehead atoms. The molecule has 6 heteroatoms. The number of hydrogen-bond acceptors (Lipinski definition) is 4. The summed E-state index contributed by atoms with van der Waals surface area (Å²) in [7, 11) is 1.40. The maximum Gasteiger partial charge on any atom is 0.341 e. The molecule has 1 aliphatic heterocycles. The zero-order valence-corrected chi connectivity index (χ0v) is 15.8. The molecule has 1 aromatic carbocycles. The molecule has 3 rings (SSSR count). The van der Waals surface area contributed by atoms with Gasteiger partial charge < -0.3 is 15.0 Å². The van der Waals surface area contributed by atoms with E-state index in [4.69, 9.17) is 17.0 Å². The van der Waals surface area contributed by atoms with Crippen molar-refractivity contribution in [2.75, 3.05) is 17.3 Å². The quantitative estimate of drug-likeness (QED) is 0.639. The second kappa shape index (κ2) is 6.53. The molecule has 0 fully saturated rings. The van der Waals surface area contributed by atoms with E-state index < -0.39 is 0 Å². The van der Waals surface area contributed by atoms with Gasteiger partial charge in [0.15, 0.2) is 5.11 Å². The molecule has 0 spiro atoms. The van der Waals surface area contributed by atoms with Crippen molar-refractivity contribution in [1.82, 2.24) is 0 Å². The highest BCUT2D eigenvalue weighted by Gasteiger charge is 2.30. The maximum absolute atomic E-state index is 12.1. The van der Waals surface area contributed by atoms with E-state index >= 15 is 0 Å². The molecule has 0 saturated heterocycles. The van der Waals surface area contributed by atoms with Gasteiger partial charge in [-0.3, -0.25) is 0 Å². The van der Waals surface area contributed by atoms with Gasteiger partial charge in [0.25, 0.3) is 0 Å². The molecule has 126 valence electrons. The Balaban J connectivity index is 1.91. The fourth-order valence-electron chi connectivity index (χ4n) is 3.10. The fraction of sp³-hybridized carbons (Fsp3) is 0.333. The van der Waals surface area contributed by atoms with E-state index in [1.54, 1.807) is 0 Å². The molecule has 1 aliphatic rings. The number of hydrogen-bond donors (Lipinski definition) is 1. The SMILES string of the molecule is COC(=O)c1c(NC(=S)N2c3ccccc3CC2C)sc(C)c1C. The number of nitrogens with zero attached hydrogens (tertiary/aromatic N) is 1. The molecule has 0 aliphatic carbocycles. The summed E-state index contributed by atoms with van der Waals surface area (Å²) in [5.74, 6) is -0.336. The third-order valence-electron chi connectivity index (χ3n) is 4.42. The molecule has 2 heterocycles. The minimum Gasteiger partial charge on any atom is -0.465 e. The minimum atomic E-state index is -0.336. The smallest absolute Gasteiger partial charge is 0.341 e. The first-order chi connectivity index (χ1) is 11.4. The number of nitrogens with one attached hydrogen (secondary N) is 1. The van der Waals surface area contributed by atoms with Gasteiger partial charge in [0.05, 0.1) is 12.7 Å². The minimum absolute atomic E-state index is 0.283. The van der Waals surface area contributed by atoms with E-state index in [-0.39, 0.29) is 12.0 Å². The second-order valence-corrected chi connectivity index (χ2v) is 7.57. The van der Waals surface area contributed by atoms with E-state index in [1.807, 2.05) is 26.0 Å². The number of aryl methyl sites for hydroxylation is 1. The number of esters is 1. The monoisotopic (exact) mass is 360 g/mol. The molecule has 0 saturated carbocycles. The molecular weight excluding hydrogens is 340 g/mol. The van der Waals surface area contributed by atoms with Crippen molar-refractivity contribution >= 4 is 45.3 Å². The third kappa shape index (κ3) is 2.80. The van der Waals surface area contributed by atoms with Crippen molar-refractivity contribution in [2.45, 2.75) is 33.2 Å². The van der Waals surface area contributed by atoms with Gasteiger partial charge in [0, 0.05) is 16.6 Å². The van der Waals surface area contributed by atoms with Crippen molar-refractivity contribution < 1.29 is 9.53 Å². The summed E-state index contributed by atoms with van der Waals surface area (Å²) in [5, 5.41) is 4.63. The van der Waals surface area contributed by atoms with Gasteiger partial charge in [-0.15, -0.1) is 11.3 Å². The van der Waals surface area contributed by atoms with Crippen LogP contribution in [0, 0.1) is 13.8 Å². The van der Waals surface area contributed by atoms with Crippen LogP contribution in [0.25, 0.3) is 0 Å². The Morgan fingerprint density at radius 3 is 2.79 bits per heavy atom. The summed E-state index contributed by atoms with van der Waals surface area (Å²) in [6.45, 7) is 6.08. The summed E-state index contributed by atoms with van der Waals surface area (Å²) in [4.78, 5) is 15.3. The predicted octanol–water partition coefficient (Wildman–Crippen LogP) is 4.30. The van der Waals surface area contributed by atoms with Crippen LogP contribution in [0.2, 0.25) is 0 Å². The maximum atomic E-state index is 12.1. The lowest BCUT2D eigenvalue weighted by Crippen LogP contribution is -2.38. The van der Waals surface area contributed by atoms with Crippen molar-refractivity contribution in [1.29, 1.82) is 0 Å². The molecule has 1 unspecified atom stereocenters. The lowest BCUT2D eigenvalue weighted by molar-refractivity contribution is 0.0601. The van der Waals surface area contributed by atoms with Crippen molar-refractivity contribution in [3.63, 3.8) is 0 Å². The van der Waals surface area contributed by atoms with Gasteiger partial charge in [0.1, 0.15) is 5.00 Å². The number of rotatable bonds is 2.